The summed E-state index contributed by atoms with van der Waals surface area (Å²) in [6.07, 6.45) is 10.6. The third-order valence-corrected chi connectivity index (χ3v) is 4.74. The first kappa shape index (κ1) is 15.3. The Labute approximate surface area is 132 Å². The van der Waals surface area contributed by atoms with Crippen LogP contribution in [0.5, 0.6) is 0 Å². The summed E-state index contributed by atoms with van der Waals surface area (Å²) in [6, 6.07) is 0. The molecule has 0 aromatic carbocycles. The molecule has 1 aliphatic carbocycles. The maximum absolute atomic E-state index is 11.9. The molecule has 0 spiro atoms. The molecule has 2 aliphatic rings. The fourth-order valence-corrected chi connectivity index (χ4v) is 3.48. The fraction of sp³-hybridized carbons (Fsp3) is 0.706. The van der Waals surface area contributed by atoms with Gasteiger partial charge in [-0.3, -0.25) is 4.79 Å². The molecule has 1 atom stereocenters. The number of hydrogen-bond acceptors (Lipinski definition) is 3. The van der Waals surface area contributed by atoms with E-state index in [9.17, 15) is 4.79 Å². The quantitative estimate of drug-likeness (QED) is 0.869. The van der Waals surface area contributed by atoms with Gasteiger partial charge in [0.2, 0.25) is 5.91 Å². The van der Waals surface area contributed by atoms with Crippen molar-refractivity contribution in [1.29, 1.82) is 0 Å². The molecular formula is C17H26N4O. The van der Waals surface area contributed by atoms with Crippen LogP contribution in [-0.2, 0) is 24.2 Å². The molecule has 3 rings (SSSR count). The number of aryl methyl sites for hydroxylation is 1. The smallest absolute Gasteiger partial charge is 0.243 e. The number of nitrogens with zero attached hydrogens (tertiary/aromatic N) is 3. The molecular weight excluding hydrogens is 276 g/mol. The van der Waals surface area contributed by atoms with Crippen LogP contribution in [0.1, 0.15) is 57.1 Å². The van der Waals surface area contributed by atoms with Gasteiger partial charge in [-0.05, 0) is 38.0 Å². The highest BCUT2D eigenvalue weighted by Gasteiger charge is 2.16. The molecule has 1 fully saturated rings. The Morgan fingerprint density at radius 3 is 3.05 bits per heavy atom. The maximum Gasteiger partial charge on any atom is 0.243 e. The van der Waals surface area contributed by atoms with Crippen molar-refractivity contribution in [3.05, 3.63) is 23.3 Å². The summed E-state index contributed by atoms with van der Waals surface area (Å²) in [5.41, 5.74) is 1.29. The van der Waals surface area contributed by atoms with E-state index in [4.69, 9.17) is 0 Å². The Hall–Kier alpha value is -1.65. The molecule has 1 N–H and O–H groups in total. The highest BCUT2D eigenvalue weighted by atomic mass is 16.1. The lowest BCUT2D eigenvalue weighted by Gasteiger charge is -2.07. The van der Waals surface area contributed by atoms with Crippen molar-refractivity contribution in [1.82, 2.24) is 20.1 Å². The van der Waals surface area contributed by atoms with Crippen molar-refractivity contribution in [2.24, 2.45) is 5.92 Å². The van der Waals surface area contributed by atoms with Gasteiger partial charge in [0, 0.05) is 32.0 Å². The third-order valence-electron chi connectivity index (χ3n) is 4.74. The van der Waals surface area contributed by atoms with E-state index in [2.05, 4.69) is 27.0 Å². The minimum absolute atomic E-state index is 0.0414. The van der Waals surface area contributed by atoms with Crippen molar-refractivity contribution < 1.29 is 4.79 Å². The van der Waals surface area contributed by atoms with Crippen LogP contribution < -0.4 is 5.32 Å². The molecule has 1 saturated carbocycles. The normalized spacial score (nSPS) is 23.3. The Bertz CT molecular complexity index is 561. The zero-order chi connectivity index (χ0) is 15.4. The lowest BCUT2D eigenvalue weighted by atomic mass is 10.1. The van der Waals surface area contributed by atoms with Crippen molar-refractivity contribution in [2.45, 2.75) is 64.8 Å². The van der Waals surface area contributed by atoms with E-state index in [0.717, 1.165) is 49.8 Å². The Morgan fingerprint density at radius 1 is 1.32 bits per heavy atom. The van der Waals surface area contributed by atoms with Gasteiger partial charge in [0.1, 0.15) is 11.6 Å². The van der Waals surface area contributed by atoms with Gasteiger partial charge in [-0.2, -0.15) is 0 Å². The topological polar surface area (TPSA) is 59.8 Å². The Kier molecular flexibility index (Phi) is 4.90. The maximum atomic E-state index is 11.9. The Balaban J connectivity index is 1.49. The summed E-state index contributed by atoms with van der Waals surface area (Å²) in [6.45, 7) is 3.90. The van der Waals surface area contributed by atoms with Gasteiger partial charge in [-0.1, -0.05) is 18.9 Å². The first-order valence-electron chi connectivity index (χ1n) is 8.60. The first-order valence-corrected chi connectivity index (χ1v) is 8.60. The van der Waals surface area contributed by atoms with Crippen LogP contribution in [0.4, 0.5) is 0 Å². The van der Waals surface area contributed by atoms with Gasteiger partial charge in [-0.25, -0.2) is 0 Å². The molecule has 0 radical (unpaired) electrons. The predicted molar refractivity (Wildman–Crippen MR) is 85.4 cm³/mol. The summed E-state index contributed by atoms with van der Waals surface area (Å²) in [5.74, 6) is 2.89. The number of aromatic nitrogens is 3. The molecule has 1 aliphatic heterocycles. The zero-order valence-corrected chi connectivity index (χ0v) is 13.5. The average Bonchev–Trinajstić information content (AvgIpc) is 2.98. The molecule has 1 aromatic rings. The van der Waals surface area contributed by atoms with Gasteiger partial charge >= 0.3 is 0 Å². The van der Waals surface area contributed by atoms with Gasteiger partial charge in [0.05, 0.1) is 0 Å². The van der Waals surface area contributed by atoms with Crippen LogP contribution in [0, 0.1) is 5.92 Å². The number of carbonyl (C=O) groups excluding carboxylic acids is 1. The minimum Gasteiger partial charge on any atom is -0.352 e. The molecule has 120 valence electrons. The summed E-state index contributed by atoms with van der Waals surface area (Å²) >= 11 is 0. The van der Waals surface area contributed by atoms with Crippen LogP contribution >= 0.6 is 0 Å². The summed E-state index contributed by atoms with van der Waals surface area (Å²) in [7, 11) is 0. The van der Waals surface area contributed by atoms with Crippen LogP contribution in [-0.4, -0.2) is 27.2 Å². The van der Waals surface area contributed by atoms with Crippen molar-refractivity contribution in [3.63, 3.8) is 0 Å². The lowest BCUT2D eigenvalue weighted by molar-refractivity contribution is -0.116. The molecule has 0 unspecified atom stereocenters. The zero-order valence-electron chi connectivity index (χ0n) is 13.5. The second kappa shape index (κ2) is 7.07. The molecule has 0 saturated heterocycles. The standard InChI is InChI=1S/C17H26N4O/c1-13-6-7-14(11-13)12-17(22)18-9-8-16-20-19-15-5-3-2-4-10-21(15)16/h12-13H,2-11H2,1H3,(H,18,22)/b14-12+/t13-/m0/s1. The van der Waals surface area contributed by atoms with Crippen LogP contribution in [0.3, 0.4) is 0 Å². The predicted octanol–water partition coefficient (Wildman–Crippen LogP) is 2.41. The molecule has 5 heteroatoms. The van der Waals surface area contributed by atoms with Gasteiger partial charge < -0.3 is 9.88 Å². The van der Waals surface area contributed by atoms with Gasteiger partial charge in [0.15, 0.2) is 0 Å². The number of nitrogens with one attached hydrogen (secondary N) is 1. The lowest BCUT2D eigenvalue weighted by Crippen LogP contribution is -2.25. The molecule has 1 amide bonds. The Morgan fingerprint density at radius 2 is 2.23 bits per heavy atom. The van der Waals surface area contributed by atoms with E-state index >= 15 is 0 Å². The number of hydrogen-bond donors (Lipinski definition) is 1. The van der Waals surface area contributed by atoms with Gasteiger partial charge in [-0.15, -0.1) is 10.2 Å². The molecule has 1 aromatic heterocycles. The summed E-state index contributed by atoms with van der Waals surface area (Å²) < 4.78 is 2.25. The van der Waals surface area contributed by atoms with E-state index < -0.39 is 0 Å². The van der Waals surface area contributed by atoms with Crippen LogP contribution in [0.2, 0.25) is 0 Å². The highest BCUT2D eigenvalue weighted by molar-refractivity contribution is 5.88. The average molecular weight is 302 g/mol. The van der Waals surface area contributed by atoms with E-state index in [1.165, 1.54) is 31.3 Å². The van der Waals surface area contributed by atoms with E-state index in [0.29, 0.717) is 6.54 Å². The highest BCUT2D eigenvalue weighted by Crippen LogP contribution is 2.29. The van der Waals surface area contributed by atoms with Crippen molar-refractivity contribution in [2.75, 3.05) is 6.54 Å². The number of amides is 1. The monoisotopic (exact) mass is 302 g/mol. The first-order chi connectivity index (χ1) is 10.7. The summed E-state index contributed by atoms with van der Waals surface area (Å²) in [5, 5.41) is 11.6. The SMILES string of the molecule is C[C@H]1CC/C(=C\C(=O)NCCc2nnc3n2CCCCC3)C1. The van der Waals surface area contributed by atoms with Crippen LogP contribution in [0.25, 0.3) is 0 Å². The molecule has 2 heterocycles. The number of allylic oxidation sites excluding steroid dienone is 1. The van der Waals surface area contributed by atoms with Crippen molar-refractivity contribution >= 4 is 5.91 Å². The molecule has 22 heavy (non-hydrogen) atoms. The second-order valence-electron chi connectivity index (χ2n) is 6.69. The van der Waals surface area contributed by atoms with E-state index in [1.807, 2.05) is 0 Å². The fourth-order valence-electron chi connectivity index (χ4n) is 3.48. The third kappa shape index (κ3) is 3.76. The molecule has 5 nitrogen and oxygen atoms in total. The number of fused-ring (bicyclic) bond motifs is 1. The van der Waals surface area contributed by atoms with E-state index in [-0.39, 0.29) is 5.91 Å². The van der Waals surface area contributed by atoms with Gasteiger partial charge in [0.25, 0.3) is 0 Å². The summed E-state index contributed by atoms with van der Waals surface area (Å²) in [4.78, 5) is 11.9. The van der Waals surface area contributed by atoms with Crippen LogP contribution in [0.15, 0.2) is 11.6 Å². The second-order valence-corrected chi connectivity index (χ2v) is 6.69. The number of carbonyl (C=O) groups is 1. The largest absolute Gasteiger partial charge is 0.352 e. The van der Waals surface area contributed by atoms with E-state index in [1.54, 1.807) is 6.08 Å². The minimum atomic E-state index is 0.0414. The van der Waals surface area contributed by atoms with Crippen molar-refractivity contribution in [3.8, 4) is 0 Å². The number of rotatable bonds is 4. The molecule has 0 bridgehead atoms.